The Labute approximate surface area is 98.4 Å². The molecule has 1 nitrogen and oxygen atoms in total. The summed E-state index contributed by atoms with van der Waals surface area (Å²) < 4.78 is 0. The third kappa shape index (κ3) is 3.24. The van der Waals surface area contributed by atoms with Gasteiger partial charge in [0.05, 0.1) is 11.5 Å². The van der Waals surface area contributed by atoms with Crippen LogP contribution < -0.4 is 0 Å². The van der Waals surface area contributed by atoms with E-state index in [0.717, 1.165) is 12.8 Å². The third-order valence-corrected chi connectivity index (χ3v) is 2.99. The molecule has 0 aliphatic rings. The van der Waals surface area contributed by atoms with Crippen LogP contribution in [0.1, 0.15) is 38.2 Å². The van der Waals surface area contributed by atoms with Crippen LogP contribution in [0.3, 0.4) is 0 Å². The highest BCUT2D eigenvalue weighted by Gasteiger charge is 2.25. The van der Waals surface area contributed by atoms with Gasteiger partial charge in [-0.3, -0.25) is 0 Å². The van der Waals surface area contributed by atoms with E-state index in [1.807, 2.05) is 31.2 Å². The average molecular weight is 213 g/mol. The van der Waals surface area contributed by atoms with E-state index in [4.69, 9.17) is 0 Å². The molecule has 0 spiro atoms. The van der Waals surface area contributed by atoms with Crippen LogP contribution >= 0.6 is 0 Å². The van der Waals surface area contributed by atoms with E-state index in [1.165, 1.54) is 5.56 Å². The predicted molar refractivity (Wildman–Crippen MR) is 68.0 cm³/mol. The lowest BCUT2D eigenvalue weighted by Gasteiger charge is -2.24. The van der Waals surface area contributed by atoms with Gasteiger partial charge in [0.1, 0.15) is 0 Å². The largest absolute Gasteiger partial charge is 0.198 e. The lowest BCUT2D eigenvalue weighted by molar-refractivity contribution is 0.378. The molecule has 1 heteroatoms. The Bertz CT molecular complexity index is 374. The van der Waals surface area contributed by atoms with Crippen molar-refractivity contribution in [2.75, 3.05) is 0 Å². The Morgan fingerprint density at radius 1 is 1.44 bits per heavy atom. The first-order valence-electron chi connectivity index (χ1n) is 5.68. The van der Waals surface area contributed by atoms with Gasteiger partial charge in [0.25, 0.3) is 0 Å². The van der Waals surface area contributed by atoms with Crippen LogP contribution in [0, 0.1) is 16.7 Å². The maximum Gasteiger partial charge on any atom is 0.0690 e. The van der Waals surface area contributed by atoms with E-state index in [2.05, 4.69) is 31.7 Å². The molecule has 1 aromatic rings. The Morgan fingerprint density at radius 2 is 2.06 bits per heavy atom. The van der Waals surface area contributed by atoms with Crippen molar-refractivity contribution in [3.63, 3.8) is 0 Å². The van der Waals surface area contributed by atoms with Crippen LogP contribution in [0.15, 0.2) is 43.0 Å². The second-order valence-electron chi connectivity index (χ2n) is 4.68. The van der Waals surface area contributed by atoms with Crippen molar-refractivity contribution in [2.45, 2.75) is 32.6 Å². The Kier molecular flexibility index (Phi) is 4.31. The first-order valence-corrected chi connectivity index (χ1v) is 5.68. The zero-order valence-electron chi connectivity index (χ0n) is 10.1. The standard InChI is InChI=1S/C15H19N/c1-4-10-15(3,12-16)11-13(2)14-8-6-5-7-9-14/h4-9,13H,1,10-11H2,2-3H3/t13-,15-/m1/s1. The summed E-state index contributed by atoms with van der Waals surface area (Å²) in [7, 11) is 0. The van der Waals surface area contributed by atoms with E-state index in [0.29, 0.717) is 5.92 Å². The number of hydrogen-bond acceptors (Lipinski definition) is 1. The molecular weight excluding hydrogens is 194 g/mol. The van der Waals surface area contributed by atoms with Crippen LogP contribution in [0.4, 0.5) is 0 Å². The number of rotatable bonds is 5. The van der Waals surface area contributed by atoms with Crippen molar-refractivity contribution < 1.29 is 0 Å². The molecule has 0 aliphatic carbocycles. The summed E-state index contributed by atoms with van der Waals surface area (Å²) in [6.45, 7) is 7.91. The van der Waals surface area contributed by atoms with Gasteiger partial charge in [-0.05, 0) is 31.2 Å². The zero-order chi connectivity index (χ0) is 12.0. The Hall–Kier alpha value is -1.55. The van der Waals surface area contributed by atoms with Crippen LogP contribution in [0.2, 0.25) is 0 Å². The maximum atomic E-state index is 9.21. The van der Waals surface area contributed by atoms with Crippen molar-refractivity contribution in [1.29, 1.82) is 5.26 Å². The molecule has 16 heavy (non-hydrogen) atoms. The number of allylic oxidation sites excluding steroid dienone is 1. The molecule has 0 aliphatic heterocycles. The lowest BCUT2D eigenvalue weighted by atomic mass is 9.78. The summed E-state index contributed by atoms with van der Waals surface area (Å²) >= 11 is 0. The molecule has 0 saturated carbocycles. The fourth-order valence-electron chi connectivity index (χ4n) is 2.07. The van der Waals surface area contributed by atoms with Gasteiger partial charge in [-0.15, -0.1) is 6.58 Å². The molecule has 1 aromatic carbocycles. The zero-order valence-corrected chi connectivity index (χ0v) is 10.1. The summed E-state index contributed by atoms with van der Waals surface area (Å²) in [4.78, 5) is 0. The molecule has 2 atom stereocenters. The van der Waals surface area contributed by atoms with Crippen LogP contribution in [-0.2, 0) is 0 Å². The molecule has 0 saturated heterocycles. The highest BCUT2D eigenvalue weighted by atomic mass is 14.4. The van der Waals surface area contributed by atoms with Gasteiger partial charge in [0, 0.05) is 0 Å². The molecule has 0 N–H and O–H groups in total. The van der Waals surface area contributed by atoms with E-state index >= 15 is 0 Å². The molecule has 84 valence electrons. The molecule has 1 rings (SSSR count). The minimum Gasteiger partial charge on any atom is -0.198 e. The topological polar surface area (TPSA) is 23.8 Å². The molecule has 0 heterocycles. The summed E-state index contributed by atoms with van der Waals surface area (Å²) in [6.07, 6.45) is 3.46. The molecule has 0 fully saturated rings. The van der Waals surface area contributed by atoms with E-state index in [1.54, 1.807) is 0 Å². The number of nitriles is 1. The first kappa shape index (κ1) is 12.5. The Balaban J connectivity index is 2.74. The van der Waals surface area contributed by atoms with Gasteiger partial charge in [-0.25, -0.2) is 0 Å². The van der Waals surface area contributed by atoms with Gasteiger partial charge >= 0.3 is 0 Å². The van der Waals surface area contributed by atoms with Gasteiger partial charge in [-0.1, -0.05) is 43.3 Å². The van der Waals surface area contributed by atoms with Crippen LogP contribution in [0.5, 0.6) is 0 Å². The summed E-state index contributed by atoms with van der Waals surface area (Å²) in [5, 5.41) is 9.21. The van der Waals surface area contributed by atoms with Crippen molar-refractivity contribution in [1.82, 2.24) is 0 Å². The summed E-state index contributed by atoms with van der Waals surface area (Å²) in [5.74, 6) is 0.408. The smallest absolute Gasteiger partial charge is 0.0690 e. The molecule has 0 aromatic heterocycles. The number of hydrogen-bond donors (Lipinski definition) is 0. The van der Waals surface area contributed by atoms with Gasteiger partial charge in [0.15, 0.2) is 0 Å². The summed E-state index contributed by atoms with van der Waals surface area (Å²) in [5.41, 5.74) is 1.00. The van der Waals surface area contributed by atoms with Crippen molar-refractivity contribution in [3.8, 4) is 6.07 Å². The van der Waals surface area contributed by atoms with E-state index in [9.17, 15) is 5.26 Å². The maximum absolute atomic E-state index is 9.21. The highest BCUT2D eigenvalue weighted by molar-refractivity contribution is 5.20. The molecule has 0 bridgehead atoms. The van der Waals surface area contributed by atoms with Crippen molar-refractivity contribution >= 4 is 0 Å². The minimum atomic E-state index is -0.295. The van der Waals surface area contributed by atoms with E-state index < -0.39 is 0 Å². The van der Waals surface area contributed by atoms with Crippen molar-refractivity contribution in [3.05, 3.63) is 48.6 Å². The lowest BCUT2D eigenvalue weighted by Crippen LogP contribution is -2.16. The minimum absolute atomic E-state index is 0.295. The highest BCUT2D eigenvalue weighted by Crippen LogP contribution is 2.34. The summed E-state index contributed by atoms with van der Waals surface area (Å²) in [6, 6.07) is 12.8. The third-order valence-electron chi connectivity index (χ3n) is 2.99. The normalized spacial score (nSPS) is 15.8. The van der Waals surface area contributed by atoms with Gasteiger partial charge < -0.3 is 0 Å². The quantitative estimate of drug-likeness (QED) is 0.669. The molecular formula is C15H19N. The molecule has 0 radical (unpaired) electrons. The fraction of sp³-hybridized carbons (Fsp3) is 0.400. The van der Waals surface area contributed by atoms with Crippen LogP contribution in [0.25, 0.3) is 0 Å². The van der Waals surface area contributed by atoms with Gasteiger partial charge in [0.2, 0.25) is 0 Å². The first-order chi connectivity index (χ1) is 7.61. The second-order valence-corrected chi connectivity index (χ2v) is 4.68. The monoisotopic (exact) mass is 213 g/mol. The molecule has 0 unspecified atom stereocenters. The average Bonchev–Trinajstić information content (AvgIpc) is 2.30. The fourth-order valence-corrected chi connectivity index (χ4v) is 2.07. The van der Waals surface area contributed by atoms with E-state index in [-0.39, 0.29) is 5.41 Å². The Morgan fingerprint density at radius 3 is 2.56 bits per heavy atom. The van der Waals surface area contributed by atoms with Crippen LogP contribution in [-0.4, -0.2) is 0 Å². The van der Waals surface area contributed by atoms with Crippen molar-refractivity contribution in [2.24, 2.45) is 5.41 Å². The number of benzene rings is 1. The van der Waals surface area contributed by atoms with Gasteiger partial charge in [-0.2, -0.15) is 5.26 Å². The second kappa shape index (κ2) is 5.51. The number of nitrogens with zero attached hydrogens (tertiary/aromatic N) is 1. The predicted octanol–water partition coefficient (Wildman–Crippen LogP) is 4.29. The SMILES string of the molecule is C=CC[C@@](C)(C#N)C[C@@H](C)c1ccccc1. The molecule has 0 amide bonds.